The number of fused-ring (bicyclic) bond motifs is 1. The van der Waals surface area contributed by atoms with Crippen molar-refractivity contribution in [1.82, 2.24) is 9.55 Å². The molecule has 29 heavy (non-hydrogen) atoms. The number of nitrogens with zero attached hydrogens (tertiary/aromatic N) is 3. The number of non-ortho nitro benzene ring substituents is 1. The Morgan fingerprint density at radius 1 is 1.03 bits per heavy atom. The maximum absolute atomic E-state index is 13.9. The summed E-state index contributed by atoms with van der Waals surface area (Å²) in [5, 5.41) is 19.9. The lowest BCUT2D eigenvalue weighted by Gasteiger charge is -2.27. The molecule has 0 saturated carbocycles. The number of aromatic nitrogens is 2. The third-order valence-corrected chi connectivity index (χ3v) is 3.48. The van der Waals surface area contributed by atoms with Gasteiger partial charge in [0, 0.05) is 6.07 Å². The van der Waals surface area contributed by atoms with Crippen LogP contribution in [0.1, 0.15) is 11.4 Å². The van der Waals surface area contributed by atoms with Gasteiger partial charge in [0.1, 0.15) is 0 Å². The van der Waals surface area contributed by atoms with E-state index >= 15 is 0 Å². The molecule has 0 radical (unpaired) electrons. The zero-order chi connectivity index (χ0) is 22.7. The summed E-state index contributed by atoms with van der Waals surface area (Å²) in [6, 6.07) is -0.527. The van der Waals surface area contributed by atoms with E-state index in [-0.39, 0.29) is 12.1 Å². The SMILES string of the molecule is O=C(O)n1c(C(F)(F)C(F)(F)C(F)(F)F)nc2cc(C(F)(F)F)cc([N+](=O)[O-])c21. The molecule has 0 bridgehead atoms. The van der Waals surface area contributed by atoms with Gasteiger partial charge in [-0.15, -0.1) is 0 Å². The highest BCUT2D eigenvalue weighted by molar-refractivity contribution is 5.93. The van der Waals surface area contributed by atoms with E-state index in [4.69, 9.17) is 5.11 Å². The molecule has 160 valence electrons. The number of rotatable bonds is 3. The van der Waals surface area contributed by atoms with E-state index in [1.807, 2.05) is 0 Å². The first kappa shape index (κ1) is 22.2. The van der Waals surface area contributed by atoms with E-state index in [2.05, 4.69) is 4.98 Å². The first-order valence-corrected chi connectivity index (χ1v) is 6.68. The monoisotopic (exact) mass is 443 g/mol. The number of alkyl halides is 10. The van der Waals surface area contributed by atoms with Crippen molar-refractivity contribution >= 4 is 22.8 Å². The second-order valence-electron chi connectivity index (χ2n) is 5.32. The van der Waals surface area contributed by atoms with Crippen LogP contribution in [-0.2, 0) is 12.1 Å². The van der Waals surface area contributed by atoms with Crippen LogP contribution in [-0.4, -0.2) is 37.8 Å². The standard InChI is InChI=1S/C12H3F10N3O4/c13-9(14,11(18,19)12(20,21)22)7-23-4-1-3(10(15,16)17)2-5(25(28)29)6(4)24(7)8(26)27/h1-2H,(H,26,27). The predicted molar refractivity (Wildman–Crippen MR) is 69.7 cm³/mol. The Kier molecular flexibility index (Phi) is 4.72. The van der Waals surface area contributed by atoms with Crippen molar-refractivity contribution in [3.63, 3.8) is 0 Å². The van der Waals surface area contributed by atoms with Crippen LogP contribution >= 0.6 is 0 Å². The number of nitro benzene ring substituents is 1. The quantitative estimate of drug-likeness (QED) is 0.419. The zero-order valence-corrected chi connectivity index (χ0v) is 12.9. The van der Waals surface area contributed by atoms with E-state index in [9.17, 15) is 58.8 Å². The Hall–Kier alpha value is -3.14. The van der Waals surface area contributed by atoms with Crippen LogP contribution in [0.15, 0.2) is 12.1 Å². The maximum Gasteiger partial charge on any atom is 0.460 e. The fourth-order valence-electron chi connectivity index (χ4n) is 2.21. The first-order chi connectivity index (χ1) is 12.8. The molecule has 7 nitrogen and oxygen atoms in total. The minimum atomic E-state index is -6.93. The molecule has 0 aliphatic heterocycles. The maximum atomic E-state index is 13.9. The summed E-state index contributed by atoms with van der Waals surface area (Å²) in [5.74, 6) is -16.2. The number of halogens is 10. The normalized spacial score (nSPS) is 13.7. The van der Waals surface area contributed by atoms with E-state index in [1.165, 1.54) is 0 Å². The largest absolute Gasteiger partial charge is 0.464 e. The molecule has 1 aromatic carbocycles. The van der Waals surface area contributed by atoms with Crippen LogP contribution < -0.4 is 0 Å². The van der Waals surface area contributed by atoms with E-state index < -0.39 is 67.9 Å². The smallest absolute Gasteiger partial charge is 0.460 e. The molecule has 0 saturated heterocycles. The summed E-state index contributed by atoms with van der Waals surface area (Å²) in [7, 11) is 0. The molecule has 2 aromatic rings. The van der Waals surface area contributed by atoms with E-state index in [0.29, 0.717) is 0 Å². The molecule has 17 heteroatoms. The van der Waals surface area contributed by atoms with Gasteiger partial charge in [0.25, 0.3) is 5.69 Å². The summed E-state index contributed by atoms with van der Waals surface area (Å²) in [4.78, 5) is 22.9. The molecule has 0 aliphatic carbocycles. The number of carbonyl (C=O) groups is 1. The summed E-state index contributed by atoms with van der Waals surface area (Å²) in [6.07, 6.45) is -15.0. The minimum Gasteiger partial charge on any atom is -0.464 e. The average Bonchev–Trinajstić information content (AvgIpc) is 2.91. The van der Waals surface area contributed by atoms with Crippen molar-refractivity contribution in [2.75, 3.05) is 0 Å². The Labute approximate surface area is 150 Å². The molecule has 1 N–H and O–H groups in total. The van der Waals surface area contributed by atoms with Gasteiger partial charge in [0.2, 0.25) is 0 Å². The fourth-order valence-corrected chi connectivity index (χ4v) is 2.21. The number of hydrogen-bond acceptors (Lipinski definition) is 4. The van der Waals surface area contributed by atoms with Gasteiger partial charge >= 0.3 is 30.3 Å². The van der Waals surface area contributed by atoms with Crippen molar-refractivity contribution in [2.24, 2.45) is 0 Å². The second-order valence-corrected chi connectivity index (χ2v) is 5.32. The molecule has 2 rings (SSSR count). The summed E-state index contributed by atoms with van der Waals surface area (Å²) in [6.45, 7) is 0. The van der Waals surface area contributed by atoms with Crippen molar-refractivity contribution in [2.45, 2.75) is 24.2 Å². The van der Waals surface area contributed by atoms with Gasteiger partial charge < -0.3 is 5.11 Å². The van der Waals surface area contributed by atoms with Gasteiger partial charge in [-0.3, -0.25) is 10.1 Å². The van der Waals surface area contributed by atoms with Crippen molar-refractivity contribution < 1.29 is 58.7 Å². The third-order valence-electron chi connectivity index (χ3n) is 3.48. The van der Waals surface area contributed by atoms with Crippen molar-refractivity contribution in [3.05, 3.63) is 33.6 Å². The lowest BCUT2D eigenvalue weighted by atomic mass is 10.1. The Balaban J connectivity index is 3.03. The molecule has 0 amide bonds. The van der Waals surface area contributed by atoms with Crippen LogP contribution in [0.25, 0.3) is 11.0 Å². The molecule has 0 spiro atoms. The van der Waals surface area contributed by atoms with Gasteiger partial charge in [-0.1, -0.05) is 0 Å². The van der Waals surface area contributed by atoms with E-state index in [1.54, 1.807) is 0 Å². The number of nitro groups is 1. The van der Waals surface area contributed by atoms with Gasteiger partial charge in [0.05, 0.1) is 16.0 Å². The second kappa shape index (κ2) is 6.18. The topological polar surface area (TPSA) is 98.3 Å². The third kappa shape index (κ3) is 3.29. The highest BCUT2D eigenvalue weighted by atomic mass is 19.4. The minimum absolute atomic E-state index is 0.215. The summed E-state index contributed by atoms with van der Waals surface area (Å²) < 4.78 is 129. The van der Waals surface area contributed by atoms with Crippen LogP contribution in [0.3, 0.4) is 0 Å². The van der Waals surface area contributed by atoms with Crippen LogP contribution in [0, 0.1) is 10.1 Å². The predicted octanol–water partition coefficient (Wildman–Crippen LogP) is 4.78. The Bertz CT molecular complexity index is 1010. The lowest BCUT2D eigenvalue weighted by molar-refractivity contribution is -0.383. The summed E-state index contributed by atoms with van der Waals surface area (Å²) in [5.41, 5.74) is -6.95. The lowest BCUT2D eigenvalue weighted by Crippen LogP contribution is -2.51. The van der Waals surface area contributed by atoms with Gasteiger partial charge in [-0.25, -0.2) is 14.3 Å². The van der Waals surface area contributed by atoms with Gasteiger partial charge in [-0.05, 0) is 6.07 Å². The summed E-state index contributed by atoms with van der Waals surface area (Å²) >= 11 is 0. The molecule has 1 heterocycles. The molecule has 1 aromatic heterocycles. The van der Waals surface area contributed by atoms with Crippen LogP contribution in [0.4, 0.5) is 54.4 Å². The number of imidazole rings is 1. The number of carboxylic acid groups (broad SMARTS) is 1. The van der Waals surface area contributed by atoms with Crippen LogP contribution in [0.5, 0.6) is 0 Å². The fraction of sp³-hybridized carbons (Fsp3) is 0.333. The zero-order valence-electron chi connectivity index (χ0n) is 12.9. The molecule has 0 aliphatic rings. The van der Waals surface area contributed by atoms with Gasteiger partial charge in [0.15, 0.2) is 11.3 Å². The van der Waals surface area contributed by atoms with Crippen molar-refractivity contribution in [1.29, 1.82) is 0 Å². The Morgan fingerprint density at radius 3 is 1.93 bits per heavy atom. The number of hydrogen-bond donors (Lipinski definition) is 1. The highest BCUT2D eigenvalue weighted by Gasteiger charge is 2.75. The highest BCUT2D eigenvalue weighted by Crippen LogP contribution is 2.52. The molecule has 0 unspecified atom stereocenters. The first-order valence-electron chi connectivity index (χ1n) is 6.68. The van der Waals surface area contributed by atoms with Crippen molar-refractivity contribution in [3.8, 4) is 0 Å². The van der Waals surface area contributed by atoms with Gasteiger partial charge in [-0.2, -0.15) is 43.9 Å². The average molecular weight is 443 g/mol. The molecule has 0 fully saturated rings. The molecule has 0 atom stereocenters. The molecular formula is C12H3F10N3O4. The van der Waals surface area contributed by atoms with Crippen LogP contribution in [0.2, 0.25) is 0 Å². The number of benzene rings is 1. The molecular weight excluding hydrogens is 440 g/mol. The Morgan fingerprint density at radius 2 is 1.55 bits per heavy atom. The van der Waals surface area contributed by atoms with E-state index in [0.717, 1.165) is 0 Å².